The van der Waals surface area contributed by atoms with Crippen LogP contribution in [0.25, 0.3) is 11.3 Å². The summed E-state index contributed by atoms with van der Waals surface area (Å²) in [6.07, 6.45) is 3.62. The van der Waals surface area contributed by atoms with Crippen LogP contribution in [0.2, 0.25) is 0 Å². The molecule has 31 heavy (non-hydrogen) atoms. The maximum Gasteiger partial charge on any atom is 0.206 e. The van der Waals surface area contributed by atoms with E-state index in [9.17, 15) is 0 Å². The van der Waals surface area contributed by atoms with E-state index in [1.165, 1.54) is 22.5 Å². The fourth-order valence-corrected chi connectivity index (χ4v) is 4.03. The van der Waals surface area contributed by atoms with E-state index in [1.807, 2.05) is 28.4 Å². The molecule has 0 atom stereocenters. The predicted octanol–water partition coefficient (Wildman–Crippen LogP) is 4.83. The molecule has 7 heteroatoms. The van der Waals surface area contributed by atoms with Crippen LogP contribution in [0.3, 0.4) is 0 Å². The van der Waals surface area contributed by atoms with Gasteiger partial charge in [-0.1, -0.05) is 29.8 Å². The molecule has 0 spiro atoms. The Morgan fingerprint density at radius 1 is 1.03 bits per heavy atom. The fourth-order valence-electron chi connectivity index (χ4n) is 3.18. The Hall–Kier alpha value is -3.32. The van der Waals surface area contributed by atoms with E-state index in [0.29, 0.717) is 23.8 Å². The molecular formula is C24H27N3O3S. The molecule has 0 bridgehead atoms. The highest BCUT2D eigenvalue weighted by molar-refractivity contribution is 7.07. The van der Waals surface area contributed by atoms with Gasteiger partial charge in [0.15, 0.2) is 11.5 Å². The van der Waals surface area contributed by atoms with E-state index >= 15 is 0 Å². The lowest BCUT2D eigenvalue weighted by atomic mass is 10.1. The summed E-state index contributed by atoms with van der Waals surface area (Å²) in [5.74, 6) is 1.71. The summed E-state index contributed by atoms with van der Waals surface area (Å²) in [7, 11) is 4.79. The lowest BCUT2D eigenvalue weighted by Crippen LogP contribution is -2.12. The molecule has 0 fully saturated rings. The highest BCUT2D eigenvalue weighted by Crippen LogP contribution is 2.41. The molecule has 0 aliphatic carbocycles. The third-order valence-electron chi connectivity index (χ3n) is 4.74. The summed E-state index contributed by atoms with van der Waals surface area (Å²) in [6, 6.07) is 10.1. The number of ether oxygens (including phenoxy) is 3. The molecular weight excluding hydrogens is 410 g/mol. The molecule has 1 aromatic heterocycles. The molecule has 0 saturated heterocycles. The van der Waals surface area contributed by atoms with Crippen molar-refractivity contribution in [2.75, 3.05) is 27.9 Å². The Labute approximate surface area is 186 Å². The van der Waals surface area contributed by atoms with Gasteiger partial charge in [0, 0.05) is 10.9 Å². The van der Waals surface area contributed by atoms with E-state index in [1.54, 1.807) is 27.4 Å². The van der Waals surface area contributed by atoms with Crippen LogP contribution >= 0.6 is 11.3 Å². The minimum absolute atomic E-state index is 0.508. The van der Waals surface area contributed by atoms with Crippen LogP contribution in [0.15, 0.2) is 58.5 Å². The van der Waals surface area contributed by atoms with Gasteiger partial charge in [-0.3, -0.25) is 4.99 Å². The second-order valence-electron chi connectivity index (χ2n) is 6.86. The van der Waals surface area contributed by atoms with Gasteiger partial charge in [0.2, 0.25) is 10.6 Å². The van der Waals surface area contributed by atoms with E-state index in [4.69, 9.17) is 19.3 Å². The second kappa shape index (κ2) is 10.1. The predicted molar refractivity (Wildman–Crippen MR) is 127 cm³/mol. The zero-order valence-electron chi connectivity index (χ0n) is 18.5. The molecule has 0 radical (unpaired) electrons. The number of aryl methyl sites for hydroxylation is 2. The molecule has 6 nitrogen and oxygen atoms in total. The number of hydrogen-bond donors (Lipinski definition) is 0. The molecule has 0 N–H and O–H groups in total. The van der Waals surface area contributed by atoms with Crippen molar-refractivity contribution in [3.8, 4) is 28.5 Å². The van der Waals surface area contributed by atoms with Crippen LogP contribution in [0.1, 0.15) is 16.7 Å². The van der Waals surface area contributed by atoms with Gasteiger partial charge in [-0.15, -0.1) is 17.9 Å². The van der Waals surface area contributed by atoms with Crippen molar-refractivity contribution in [3.63, 3.8) is 0 Å². The SMILES string of the molecule is C=CCN=c1scc(-c2cc(OC)c(OC)c(OC)c2)n1N=Cc1ccc(C)cc1C. The lowest BCUT2D eigenvalue weighted by Gasteiger charge is -2.14. The van der Waals surface area contributed by atoms with Gasteiger partial charge in [0.25, 0.3) is 0 Å². The first-order chi connectivity index (χ1) is 15.0. The van der Waals surface area contributed by atoms with Crippen molar-refractivity contribution >= 4 is 17.6 Å². The third-order valence-corrected chi connectivity index (χ3v) is 5.59. The van der Waals surface area contributed by atoms with Gasteiger partial charge in [-0.25, -0.2) is 4.68 Å². The number of thiazole rings is 1. The standard InChI is InChI=1S/C24H27N3O3S/c1-7-10-25-24-27(26-14-18-9-8-16(2)11-17(18)3)20(15-31-24)19-12-21(28-4)23(30-6)22(13-19)29-5/h7-9,11-15H,1,10H2,2-6H3. The van der Waals surface area contributed by atoms with Crippen LogP contribution in [0, 0.1) is 13.8 Å². The normalized spacial score (nSPS) is 11.7. The fraction of sp³-hybridized carbons (Fsp3) is 0.250. The molecule has 1 heterocycles. The Morgan fingerprint density at radius 2 is 1.74 bits per heavy atom. The molecule has 0 amide bonds. The highest BCUT2D eigenvalue weighted by atomic mass is 32.1. The minimum Gasteiger partial charge on any atom is -0.493 e. The van der Waals surface area contributed by atoms with E-state index < -0.39 is 0 Å². The minimum atomic E-state index is 0.508. The second-order valence-corrected chi connectivity index (χ2v) is 7.70. The molecule has 0 aliphatic rings. The monoisotopic (exact) mass is 437 g/mol. The maximum absolute atomic E-state index is 5.52. The van der Waals surface area contributed by atoms with Crippen LogP contribution in [0.4, 0.5) is 0 Å². The van der Waals surface area contributed by atoms with Crippen LogP contribution in [0.5, 0.6) is 17.2 Å². The zero-order valence-corrected chi connectivity index (χ0v) is 19.3. The van der Waals surface area contributed by atoms with Crippen molar-refractivity contribution in [1.29, 1.82) is 0 Å². The van der Waals surface area contributed by atoms with E-state index in [-0.39, 0.29) is 0 Å². The number of benzene rings is 2. The first-order valence-corrected chi connectivity index (χ1v) is 10.6. The number of nitrogens with zero attached hydrogens (tertiary/aromatic N) is 3. The van der Waals surface area contributed by atoms with Crippen LogP contribution in [-0.4, -0.2) is 38.8 Å². The summed E-state index contributed by atoms with van der Waals surface area (Å²) in [4.78, 5) is 5.37. The van der Waals surface area contributed by atoms with Crippen molar-refractivity contribution in [2.45, 2.75) is 13.8 Å². The highest BCUT2D eigenvalue weighted by Gasteiger charge is 2.17. The zero-order chi connectivity index (χ0) is 22.4. The molecule has 0 aliphatic heterocycles. The average molecular weight is 438 g/mol. The van der Waals surface area contributed by atoms with Crippen LogP contribution < -0.4 is 19.0 Å². The van der Waals surface area contributed by atoms with Gasteiger partial charge in [0.05, 0.1) is 39.8 Å². The Bertz CT molecular complexity index is 1150. The molecule has 162 valence electrons. The Balaban J connectivity index is 2.17. The smallest absolute Gasteiger partial charge is 0.206 e. The summed E-state index contributed by atoms with van der Waals surface area (Å²) in [5.41, 5.74) is 5.18. The van der Waals surface area contributed by atoms with Crippen molar-refractivity contribution in [3.05, 3.63) is 69.9 Å². The molecule has 0 saturated carbocycles. The van der Waals surface area contributed by atoms with Gasteiger partial charge in [-0.2, -0.15) is 5.10 Å². The van der Waals surface area contributed by atoms with Gasteiger partial charge < -0.3 is 14.2 Å². The summed E-state index contributed by atoms with van der Waals surface area (Å²) < 4.78 is 18.3. The van der Waals surface area contributed by atoms with Crippen molar-refractivity contribution in [1.82, 2.24) is 4.68 Å². The molecule has 3 aromatic rings. The maximum atomic E-state index is 5.52. The summed E-state index contributed by atoms with van der Waals surface area (Å²) >= 11 is 1.51. The van der Waals surface area contributed by atoms with Crippen molar-refractivity contribution in [2.24, 2.45) is 10.1 Å². The van der Waals surface area contributed by atoms with Crippen LogP contribution in [-0.2, 0) is 0 Å². The first kappa shape index (κ1) is 22.4. The number of rotatable bonds is 8. The van der Waals surface area contributed by atoms with E-state index in [0.717, 1.165) is 21.6 Å². The van der Waals surface area contributed by atoms with Crippen molar-refractivity contribution < 1.29 is 14.2 Å². The molecule has 2 aromatic carbocycles. The largest absolute Gasteiger partial charge is 0.493 e. The summed E-state index contributed by atoms with van der Waals surface area (Å²) in [5, 5.41) is 6.79. The quantitative estimate of drug-likeness (QED) is 0.375. The molecule has 0 unspecified atom stereocenters. The number of hydrogen-bond acceptors (Lipinski definition) is 6. The number of methoxy groups -OCH3 is 3. The Kier molecular flexibility index (Phi) is 7.31. The lowest BCUT2D eigenvalue weighted by molar-refractivity contribution is 0.324. The number of aromatic nitrogens is 1. The molecule has 3 rings (SSSR count). The van der Waals surface area contributed by atoms with Gasteiger partial charge in [0.1, 0.15) is 0 Å². The average Bonchev–Trinajstić information content (AvgIpc) is 3.18. The van der Waals surface area contributed by atoms with Gasteiger partial charge >= 0.3 is 0 Å². The van der Waals surface area contributed by atoms with Gasteiger partial charge in [-0.05, 0) is 37.1 Å². The topological polar surface area (TPSA) is 57.3 Å². The van der Waals surface area contributed by atoms with E-state index in [2.05, 4.69) is 43.6 Å². The first-order valence-electron chi connectivity index (χ1n) is 9.76. The Morgan fingerprint density at radius 3 is 2.32 bits per heavy atom. The third kappa shape index (κ3) is 4.88. The summed E-state index contributed by atoms with van der Waals surface area (Å²) in [6.45, 7) is 8.43.